The smallest absolute Gasteiger partial charge is 0.315 e. The van der Waals surface area contributed by atoms with Gasteiger partial charge in [0.2, 0.25) is 0 Å². The fraction of sp³-hybridized carbons (Fsp3) is 0.615. The first-order chi connectivity index (χ1) is 8.89. The normalized spacial score (nSPS) is 23.8. The first-order valence-corrected chi connectivity index (χ1v) is 7.09. The lowest BCUT2D eigenvalue weighted by Gasteiger charge is -2.29. The van der Waals surface area contributed by atoms with Crippen molar-refractivity contribution in [3.05, 3.63) is 21.9 Å². The van der Waals surface area contributed by atoms with Gasteiger partial charge in [-0.1, -0.05) is 6.92 Å². The van der Waals surface area contributed by atoms with Gasteiger partial charge in [-0.2, -0.15) is 13.2 Å². The van der Waals surface area contributed by atoms with Gasteiger partial charge >= 0.3 is 6.18 Å². The summed E-state index contributed by atoms with van der Waals surface area (Å²) in [5, 5.41) is 2.67. The van der Waals surface area contributed by atoms with Crippen LogP contribution in [-0.2, 0) is 17.6 Å². The summed E-state index contributed by atoms with van der Waals surface area (Å²) in [5.74, 6) is -0.713. The maximum Gasteiger partial charge on any atom is 0.402 e. The molecule has 1 N–H and O–H groups in total. The van der Waals surface area contributed by atoms with Crippen molar-refractivity contribution >= 4 is 17.1 Å². The van der Waals surface area contributed by atoms with Gasteiger partial charge < -0.3 is 5.32 Å². The number of carbonyl (C=O) groups excluding carboxylic acids is 1. The van der Waals surface area contributed by atoms with Crippen molar-refractivity contribution in [2.24, 2.45) is 5.41 Å². The molecule has 0 spiro atoms. The molecule has 0 aromatic carbocycles. The highest BCUT2D eigenvalue weighted by Gasteiger charge is 2.60. The summed E-state index contributed by atoms with van der Waals surface area (Å²) in [7, 11) is 0. The SMILES string of the molecule is CCc1ccc(CC(=O)C2(C(F)(F)F)CCNC2)s1. The molecule has 0 amide bonds. The molecule has 2 rings (SSSR count). The van der Waals surface area contributed by atoms with Crippen molar-refractivity contribution in [1.82, 2.24) is 5.32 Å². The number of hydrogen-bond acceptors (Lipinski definition) is 3. The largest absolute Gasteiger partial charge is 0.402 e. The minimum Gasteiger partial charge on any atom is -0.315 e. The Balaban J connectivity index is 2.17. The number of hydrogen-bond donors (Lipinski definition) is 1. The third-order valence-corrected chi connectivity index (χ3v) is 4.86. The Morgan fingerprint density at radius 2 is 2.11 bits per heavy atom. The molecule has 1 aromatic rings. The summed E-state index contributed by atoms with van der Waals surface area (Å²) in [4.78, 5) is 13.9. The van der Waals surface area contributed by atoms with E-state index in [2.05, 4.69) is 5.32 Å². The quantitative estimate of drug-likeness (QED) is 0.924. The van der Waals surface area contributed by atoms with E-state index >= 15 is 0 Å². The van der Waals surface area contributed by atoms with Crippen LogP contribution in [-0.4, -0.2) is 25.0 Å². The molecule has 106 valence electrons. The third-order valence-electron chi connectivity index (χ3n) is 3.63. The molecule has 1 aliphatic heterocycles. The molecule has 0 bridgehead atoms. The summed E-state index contributed by atoms with van der Waals surface area (Å²) < 4.78 is 39.5. The second-order valence-corrected chi connectivity index (χ2v) is 6.08. The maximum absolute atomic E-state index is 13.2. The van der Waals surface area contributed by atoms with E-state index in [0.717, 1.165) is 16.2 Å². The Kier molecular flexibility index (Phi) is 4.01. The summed E-state index contributed by atoms with van der Waals surface area (Å²) in [6.45, 7) is 1.94. The minimum absolute atomic E-state index is 0.119. The monoisotopic (exact) mass is 291 g/mol. The number of carbonyl (C=O) groups is 1. The summed E-state index contributed by atoms with van der Waals surface area (Å²) in [6, 6.07) is 3.63. The number of thiophene rings is 1. The first kappa shape index (κ1) is 14.5. The van der Waals surface area contributed by atoms with Gasteiger partial charge in [-0.15, -0.1) is 11.3 Å². The van der Waals surface area contributed by atoms with Crippen LogP contribution < -0.4 is 5.32 Å². The van der Waals surface area contributed by atoms with E-state index in [9.17, 15) is 18.0 Å². The molecule has 0 aliphatic carbocycles. The highest BCUT2D eigenvalue weighted by atomic mass is 32.1. The van der Waals surface area contributed by atoms with Crippen LogP contribution in [0.4, 0.5) is 13.2 Å². The average Bonchev–Trinajstić information content (AvgIpc) is 2.96. The molecule has 1 fully saturated rings. The molecule has 19 heavy (non-hydrogen) atoms. The average molecular weight is 291 g/mol. The Labute approximate surface area is 114 Å². The van der Waals surface area contributed by atoms with Gasteiger partial charge in [-0.05, 0) is 31.5 Å². The van der Waals surface area contributed by atoms with Crippen LogP contribution in [0.2, 0.25) is 0 Å². The molecule has 0 saturated carbocycles. The van der Waals surface area contributed by atoms with Crippen molar-refractivity contribution in [1.29, 1.82) is 0 Å². The summed E-state index contributed by atoms with van der Waals surface area (Å²) in [5.41, 5.74) is -2.19. The van der Waals surface area contributed by atoms with E-state index in [0.29, 0.717) is 0 Å². The van der Waals surface area contributed by atoms with E-state index < -0.39 is 17.4 Å². The molecule has 1 aromatic heterocycles. The molecule has 2 nitrogen and oxygen atoms in total. The predicted octanol–water partition coefficient (Wildman–Crippen LogP) is 2.96. The molecule has 1 saturated heterocycles. The Morgan fingerprint density at radius 3 is 2.58 bits per heavy atom. The van der Waals surface area contributed by atoms with Crippen molar-refractivity contribution in [3.8, 4) is 0 Å². The van der Waals surface area contributed by atoms with E-state index in [1.54, 1.807) is 6.07 Å². The van der Waals surface area contributed by atoms with Gasteiger partial charge in [0.05, 0.1) is 0 Å². The lowest BCUT2D eigenvalue weighted by molar-refractivity contribution is -0.214. The molecule has 6 heteroatoms. The predicted molar refractivity (Wildman–Crippen MR) is 68.4 cm³/mol. The van der Waals surface area contributed by atoms with Gasteiger partial charge in [0, 0.05) is 22.7 Å². The van der Waals surface area contributed by atoms with Gasteiger partial charge in [-0.3, -0.25) is 4.79 Å². The molecular weight excluding hydrogens is 275 g/mol. The number of nitrogens with one attached hydrogen (secondary N) is 1. The maximum atomic E-state index is 13.2. The zero-order chi connectivity index (χ0) is 14.1. The van der Waals surface area contributed by atoms with Gasteiger partial charge in [-0.25, -0.2) is 0 Å². The van der Waals surface area contributed by atoms with E-state index in [-0.39, 0.29) is 25.9 Å². The molecule has 1 aliphatic rings. The van der Waals surface area contributed by atoms with Crippen LogP contribution in [0.5, 0.6) is 0 Å². The topological polar surface area (TPSA) is 29.1 Å². The van der Waals surface area contributed by atoms with Crippen molar-refractivity contribution in [2.75, 3.05) is 13.1 Å². The number of halogens is 3. The van der Waals surface area contributed by atoms with Gasteiger partial charge in [0.25, 0.3) is 0 Å². The van der Waals surface area contributed by atoms with Gasteiger partial charge in [0.1, 0.15) is 5.41 Å². The second-order valence-electron chi connectivity index (χ2n) is 4.83. The standard InChI is InChI=1S/C13H16F3NOS/c1-2-9-3-4-10(19-9)7-11(18)12(13(14,15)16)5-6-17-8-12/h3-4,17H,2,5-8H2,1H3. The van der Waals surface area contributed by atoms with Crippen LogP contribution in [0.1, 0.15) is 23.1 Å². The van der Waals surface area contributed by atoms with Crippen LogP contribution in [0.15, 0.2) is 12.1 Å². The zero-order valence-corrected chi connectivity index (χ0v) is 11.5. The highest BCUT2D eigenvalue weighted by Crippen LogP contribution is 2.44. The number of Topliss-reactive ketones (excluding diaryl/α,β-unsaturated/α-hetero) is 1. The molecule has 0 radical (unpaired) electrons. The number of ketones is 1. The van der Waals surface area contributed by atoms with Crippen LogP contribution >= 0.6 is 11.3 Å². The highest BCUT2D eigenvalue weighted by molar-refractivity contribution is 7.12. The van der Waals surface area contributed by atoms with E-state index in [4.69, 9.17) is 0 Å². The Hall–Kier alpha value is -0.880. The lowest BCUT2D eigenvalue weighted by atomic mass is 9.80. The zero-order valence-electron chi connectivity index (χ0n) is 10.6. The van der Waals surface area contributed by atoms with Crippen molar-refractivity contribution in [2.45, 2.75) is 32.4 Å². The first-order valence-electron chi connectivity index (χ1n) is 6.27. The molecular formula is C13H16F3NOS. The lowest BCUT2D eigenvalue weighted by Crippen LogP contribution is -2.47. The van der Waals surface area contributed by atoms with E-state index in [1.165, 1.54) is 11.3 Å². The number of aryl methyl sites for hydroxylation is 1. The van der Waals surface area contributed by atoms with Crippen molar-refractivity contribution in [3.63, 3.8) is 0 Å². The molecule has 2 heterocycles. The molecule has 1 unspecified atom stereocenters. The minimum atomic E-state index is -4.47. The van der Waals surface area contributed by atoms with Crippen LogP contribution in [0.3, 0.4) is 0 Å². The molecule has 1 atom stereocenters. The van der Waals surface area contributed by atoms with E-state index in [1.807, 2.05) is 13.0 Å². The summed E-state index contributed by atoms with van der Waals surface area (Å²) >= 11 is 1.42. The van der Waals surface area contributed by atoms with Crippen LogP contribution in [0.25, 0.3) is 0 Å². The Bertz CT molecular complexity index is 461. The number of alkyl halides is 3. The Morgan fingerprint density at radius 1 is 1.42 bits per heavy atom. The summed E-state index contributed by atoms with van der Waals surface area (Å²) in [6.07, 6.45) is -3.91. The van der Waals surface area contributed by atoms with Crippen LogP contribution in [0, 0.1) is 5.41 Å². The third kappa shape index (κ3) is 2.69. The fourth-order valence-corrected chi connectivity index (χ4v) is 3.32. The van der Waals surface area contributed by atoms with Crippen molar-refractivity contribution < 1.29 is 18.0 Å². The fourth-order valence-electron chi connectivity index (χ4n) is 2.36. The number of rotatable bonds is 4. The second kappa shape index (κ2) is 5.25. The van der Waals surface area contributed by atoms with Gasteiger partial charge in [0.15, 0.2) is 5.78 Å².